The van der Waals surface area contributed by atoms with Gasteiger partial charge in [0.15, 0.2) is 6.49 Å². The summed E-state index contributed by atoms with van der Waals surface area (Å²) in [6, 6.07) is 0. The van der Waals surface area contributed by atoms with Crippen molar-refractivity contribution >= 4 is 35.9 Å². The van der Waals surface area contributed by atoms with Gasteiger partial charge in [-0.3, -0.25) is 0 Å². The second kappa shape index (κ2) is 4.47. The van der Waals surface area contributed by atoms with Crippen LogP contribution < -0.4 is 0 Å². The second-order valence-corrected chi connectivity index (χ2v) is 5.64. The number of hydrogen-bond acceptors (Lipinski definition) is 4. The Morgan fingerprint density at radius 2 is 1.89 bits per heavy atom. The molecule has 0 aromatic rings. The largest absolute Gasteiger partial charge is 0.332 e. The fraction of sp³-hybridized carbons (Fsp3) is 0.750. The summed E-state index contributed by atoms with van der Waals surface area (Å²) in [7, 11) is 3.09. The third-order valence-corrected chi connectivity index (χ3v) is 4.35. The minimum atomic E-state index is -2.01. The van der Waals surface area contributed by atoms with Gasteiger partial charge in [0.05, 0.1) is 6.16 Å². The van der Waals surface area contributed by atoms with E-state index in [-0.39, 0.29) is 0 Å². The average molecular weight is 184 g/mol. The quantitative estimate of drug-likeness (QED) is 0.487. The monoisotopic (exact) mass is 184 g/mol. The summed E-state index contributed by atoms with van der Waals surface area (Å²) in [5.41, 5.74) is 0. The van der Waals surface area contributed by atoms with E-state index < -0.39 is 6.49 Å². The first-order valence-corrected chi connectivity index (χ1v) is 5.62. The van der Waals surface area contributed by atoms with Crippen LogP contribution in [0, 0.1) is 0 Å². The van der Waals surface area contributed by atoms with Crippen molar-refractivity contribution in [3.05, 3.63) is 0 Å². The van der Waals surface area contributed by atoms with Gasteiger partial charge in [-0.25, -0.2) is 0 Å². The molecule has 0 bridgehead atoms. The Balaban J connectivity index is 3.93. The molecule has 0 aromatic carbocycles. The van der Waals surface area contributed by atoms with Crippen LogP contribution in [0.3, 0.4) is 0 Å². The van der Waals surface area contributed by atoms with E-state index in [1.165, 1.54) is 0 Å². The van der Waals surface area contributed by atoms with Crippen molar-refractivity contribution < 1.29 is 9.05 Å². The summed E-state index contributed by atoms with van der Waals surface area (Å²) in [6.45, 7) is -2.01. The lowest BCUT2D eigenvalue weighted by atomic mass is 11.0. The predicted molar refractivity (Wildman–Crippen MR) is 46.8 cm³/mol. The minimum absolute atomic E-state index is 0.560. The highest BCUT2D eigenvalue weighted by atomic mass is 32.5. The van der Waals surface area contributed by atoms with Crippen molar-refractivity contribution in [3.63, 3.8) is 0 Å². The Labute approximate surface area is 65.7 Å². The summed E-state index contributed by atoms with van der Waals surface area (Å²) in [4.78, 5) is 0. The van der Waals surface area contributed by atoms with Crippen molar-refractivity contribution in [2.75, 3.05) is 20.4 Å². The van der Waals surface area contributed by atoms with Gasteiger partial charge in [-0.15, -0.1) is 0 Å². The molecule has 0 atom stereocenters. The molecule has 0 heterocycles. The van der Waals surface area contributed by atoms with Gasteiger partial charge in [0.2, 0.25) is 0 Å². The molecule has 0 saturated carbocycles. The van der Waals surface area contributed by atoms with Crippen LogP contribution in [-0.2, 0) is 20.9 Å². The minimum Gasteiger partial charge on any atom is -0.332 e. The summed E-state index contributed by atoms with van der Waals surface area (Å²) < 4.78 is 9.87. The van der Waals surface area contributed by atoms with E-state index in [2.05, 4.69) is 12.2 Å². The van der Waals surface area contributed by atoms with Crippen molar-refractivity contribution in [2.45, 2.75) is 0 Å². The van der Waals surface area contributed by atoms with Gasteiger partial charge in [-0.2, -0.15) is 0 Å². The van der Waals surface area contributed by atoms with Gasteiger partial charge >= 0.3 is 0 Å². The normalized spacial score (nSPS) is 11.3. The van der Waals surface area contributed by atoms with Crippen LogP contribution in [0.15, 0.2) is 0 Å². The molecular formula is C4H9O2PS2. The molecule has 0 aliphatic rings. The van der Waals surface area contributed by atoms with Crippen molar-refractivity contribution in [3.8, 4) is 0 Å². The third-order valence-electron chi connectivity index (χ3n) is 0.854. The second-order valence-electron chi connectivity index (χ2n) is 1.33. The Bertz CT molecular complexity index is 129. The zero-order valence-electron chi connectivity index (χ0n) is 5.36. The summed E-state index contributed by atoms with van der Waals surface area (Å²) >= 11 is 9.58. The first-order valence-electron chi connectivity index (χ1n) is 2.32. The SMILES string of the molecule is COP(=S)(CC=S)OC. The van der Waals surface area contributed by atoms with Gasteiger partial charge in [0.1, 0.15) is 0 Å². The number of hydrogen-bond donors (Lipinski definition) is 0. The first kappa shape index (κ1) is 9.66. The van der Waals surface area contributed by atoms with E-state index in [4.69, 9.17) is 20.9 Å². The summed E-state index contributed by atoms with van der Waals surface area (Å²) in [5.74, 6) is 0. The van der Waals surface area contributed by atoms with Crippen LogP contribution in [0.2, 0.25) is 0 Å². The molecule has 0 aliphatic carbocycles. The highest BCUT2D eigenvalue weighted by molar-refractivity contribution is 8.10. The molecule has 0 rings (SSSR count). The van der Waals surface area contributed by atoms with Crippen LogP contribution >= 0.6 is 18.7 Å². The van der Waals surface area contributed by atoms with Crippen LogP contribution in [-0.4, -0.2) is 25.7 Å². The fourth-order valence-electron chi connectivity index (χ4n) is 0.315. The van der Waals surface area contributed by atoms with Crippen LogP contribution in [0.1, 0.15) is 0 Å². The Hall–Kier alpha value is 0.660. The van der Waals surface area contributed by atoms with E-state index in [0.717, 1.165) is 0 Å². The molecule has 9 heavy (non-hydrogen) atoms. The van der Waals surface area contributed by atoms with Gasteiger partial charge < -0.3 is 9.05 Å². The zero-order chi connectivity index (χ0) is 7.33. The maximum atomic E-state index is 4.97. The standard InChI is InChI=1S/C4H9O2PS2/c1-5-7(9,6-2)3-4-8/h4H,3H2,1-2H3. The Kier molecular flexibility index (Phi) is 4.80. The molecule has 5 heteroatoms. The molecule has 0 fully saturated rings. The fourth-order valence-corrected chi connectivity index (χ4v) is 2.04. The van der Waals surface area contributed by atoms with E-state index >= 15 is 0 Å². The van der Waals surface area contributed by atoms with Crippen LogP contribution in [0.25, 0.3) is 0 Å². The lowest BCUT2D eigenvalue weighted by Gasteiger charge is -2.14. The third kappa shape index (κ3) is 3.38. The maximum Gasteiger partial charge on any atom is 0.192 e. The number of thiocarbonyl (C=S) groups is 1. The molecule has 0 N–H and O–H groups in total. The van der Waals surface area contributed by atoms with Crippen molar-refractivity contribution in [1.82, 2.24) is 0 Å². The predicted octanol–water partition coefficient (Wildman–Crippen LogP) is 1.59. The molecule has 0 aliphatic heterocycles. The Morgan fingerprint density at radius 3 is 2.00 bits per heavy atom. The van der Waals surface area contributed by atoms with Crippen molar-refractivity contribution in [1.29, 1.82) is 0 Å². The smallest absolute Gasteiger partial charge is 0.192 e. The summed E-state index contributed by atoms with van der Waals surface area (Å²) in [6.07, 6.45) is 0.560. The van der Waals surface area contributed by atoms with Crippen LogP contribution in [0.5, 0.6) is 0 Å². The lowest BCUT2D eigenvalue weighted by molar-refractivity contribution is 0.341. The molecule has 0 saturated heterocycles. The van der Waals surface area contributed by atoms with Crippen molar-refractivity contribution in [2.24, 2.45) is 0 Å². The molecule has 2 nitrogen and oxygen atoms in total. The molecule has 0 radical (unpaired) electrons. The van der Waals surface area contributed by atoms with E-state index in [1.54, 1.807) is 19.6 Å². The number of rotatable bonds is 4. The molecule has 0 unspecified atom stereocenters. The zero-order valence-corrected chi connectivity index (χ0v) is 7.89. The van der Waals surface area contributed by atoms with Gasteiger partial charge in [0.25, 0.3) is 0 Å². The maximum absolute atomic E-state index is 4.97. The van der Waals surface area contributed by atoms with Crippen LogP contribution in [0.4, 0.5) is 0 Å². The van der Waals surface area contributed by atoms with Gasteiger partial charge in [-0.1, -0.05) is 12.2 Å². The molecule has 54 valence electrons. The first-order chi connectivity index (χ1) is 4.18. The van der Waals surface area contributed by atoms with E-state index in [9.17, 15) is 0 Å². The average Bonchev–Trinajstić information content (AvgIpc) is 1.89. The molecule has 0 spiro atoms. The molecule has 0 amide bonds. The lowest BCUT2D eigenvalue weighted by Crippen LogP contribution is -1.93. The van der Waals surface area contributed by atoms with Gasteiger partial charge in [0, 0.05) is 14.2 Å². The van der Waals surface area contributed by atoms with E-state index in [0.29, 0.717) is 6.16 Å². The topological polar surface area (TPSA) is 18.5 Å². The highest BCUT2D eigenvalue weighted by Gasteiger charge is 2.11. The van der Waals surface area contributed by atoms with Gasteiger partial charge in [-0.05, 0) is 17.2 Å². The molecule has 0 aromatic heterocycles. The highest BCUT2D eigenvalue weighted by Crippen LogP contribution is 2.45. The Morgan fingerprint density at radius 1 is 1.44 bits per heavy atom. The van der Waals surface area contributed by atoms with E-state index in [1.807, 2.05) is 0 Å². The molecular weight excluding hydrogens is 175 g/mol. The summed E-state index contributed by atoms with van der Waals surface area (Å²) in [5, 5.41) is 1.55.